The lowest BCUT2D eigenvalue weighted by molar-refractivity contribution is 0.345. The van der Waals surface area contributed by atoms with Crippen LogP contribution in [-0.2, 0) is 6.42 Å². The van der Waals surface area contributed by atoms with Crippen molar-refractivity contribution in [3.05, 3.63) is 30.4 Å². The molecule has 102 valence electrons. The van der Waals surface area contributed by atoms with Crippen LogP contribution in [0.1, 0.15) is 26.2 Å². The number of nitrogens with one attached hydrogen (secondary N) is 1. The standard InChI is InChI=1S/C14H20N4O/c1-10(2)7-12(15-3)8-13-17-14(18-19-13)11-5-4-6-16-9-11/h4-6,9-10,12,15H,7-8H2,1-3H3. The van der Waals surface area contributed by atoms with Gasteiger partial charge in [-0.3, -0.25) is 4.98 Å². The third kappa shape index (κ3) is 3.86. The van der Waals surface area contributed by atoms with Crippen LogP contribution in [0.4, 0.5) is 0 Å². The molecule has 1 N–H and O–H groups in total. The minimum absolute atomic E-state index is 0.363. The van der Waals surface area contributed by atoms with Crippen LogP contribution >= 0.6 is 0 Å². The number of rotatable bonds is 6. The first-order chi connectivity index (χ1) is 9.19. The van der Waals surface area contributed by atoms with E-state index in [0.29, 0.717) is 23.7 Å². The van der Waals surface area contributed by atoms with Gasteiger partial charge in [-0.05, 0) is 31.5 Å². The number of hydrogen-bond donors (Lipinski definition) is 1. The number of likely N-dealkylation sites (N-methyl/N-ethyl adjacent to an activating group) is 1. The third-order valence-corrected chi connectivity index (χ3v) is 2.97. The highest BCUT2D eigenvalue weighted by atomic mass is 16.5. The van der Waals surface area contributed by atoms with Crippen molar-refractivity contribution in [2.75, 3.05) is 7.05 Å². The fraction of sp³-hybridized carbons (Fsp3) is 0.500. The summed E-state index contributed by atoms with van der Waals surface area (Å²) in [5.74, 6) is 1.90. The highest BCUT2D eigenvalue weighted by Gasteiger charge is 2.15. The lowest BCUT2D eigenvalue weighted by Crippen LogP contribution is -2.29. The quantitative estimate of drug-likeness (QED) is 0.863. The van der Waals surface area contributed by atoms with Crippen LogP contribution in [0, 0.1) is 5.92 Å². The van der Waals surface area contributed by atoms with Gasteiger partial charge in [-0.1, -0.05) is 19.0 Å². The minimum Gasteiger partial charge on any atom is -0.339 e. The SMILES string of the molecule is CNC(Cc1nc(-c2cccnc2)no1)CC(C)C. The van der Waals surface area contributed by atoms with E-state index in [1.165, 1.54) is 0 Å². The van der Waals surface area contributed by atoms with Crippen molar-refractivity contribution in [2.24, 2.45) is 5.92 Å². The predicted octanol–water partition coefficient (Wildman–Crippen LogP) is 2.31. The van der Waals surface area contributed by atoms with Crippen LogP contribution in [0.2, 0.25) is 0 Å². The van der Waals surface area contributed by atoms with E-state index in [1.54, 1.807) is 12.4 Å². The molecule has 5 heteroatoms. The van der Waals surface area contributed by atoms with Crippen molar-refractivity contribution in [1.82, 2.24) is 20.4 Å². The Balaban J connectivity index is 2.05. The maximum atomic E-state index is 5.30. The third-order valence-electron chi connectivity index (χ3n) is 2.97. The average Bonchev–Trinajstić information content (AvgIpc) is 2.87. The molecule has 0 saturated heterocycles. The first-order valence-electron chi connectivity index (χ1n) is 6.59. The number of hydrogen-bond acceptors (Lipinski definition) is 5. The molecule has 0 radical (unpaired) electrons. The zero-order valence-corrected chi connectivity index (χ0v) is 11.6. The van der Waals surface area contributed by atoms with Crippen molar-refractivity contribution >= 4 is 0 Å². The van der Waals surface area contributed by atoms with Gasteiger partial charge in [0, 0.05) is 30.4 Å². The molecule has 1 atom stereocenters. The van der Waals surface area contributed by atoms with Crippen LogP contribution in [0.3, 0.4) is 0 Å². The van der Waals surface area contributed by atoms with Gasteiger partial charge in [0.1, 0.15) is 0 Å². The Bertz CT molecular complexity index is 495. The topological polar surface area (TPSA) is 63.8 Å². The fourth-order valence-corrected chi connectivity index (χ4v) is 2.03. The second-order valence-electron chi connectivity index (χ2n) is 5.07. The van der Waals surface area contributed by atoms with Gasteiger partial charge in [0.25, 0.3) is 0 Å². The lowest BCUT2D eigenvalue weighted by atomic mass is 10.0. The van der Waals surface area contributed by atoms with Crippen LogP contribution in [-0.4, -0.2) is 28.2 Å². The summed E-state index contributed by atoms with van der Waals surface area (Å²) in [5, 5.41) is 7.29. The van der Waals surface area contributed by atoms with Gasteiger partial charge in [0.05, 0.1) is 0 Å². The maximum Gasteiger partial charge on any atom is 0.228 e. The van der Waals surface area contributed by atoms with E-state index in [4.69, 9.17) is 4.52 Å². The van der Waals surface area contributed by atoms with Crippen LogP contribution in [0.5, 0.6) is 0 Å². The van der Waals surface area contributed by atoms with Gasteiger partial charge in [0.2, 0.25) is 11.7 Å². The van der Waals surface area contributed by atoms with E-state index in [2.05, 4.69) is 34.3 Å². The molecule has 2 aromatic rings. The number of nitrogens with zero attached hydrogens (tertiary/aromatic N) is 3. The van der Waals surface area contributed by atoms with Gasteiger partial charge in [-0.25, -0.2) is 0 Å². The van der Waals surface area contributed by atoms with Gasteiger partial charge >= 0.3 is 0 Å². The molecule has 0 bridgehead atoms. The van der Waals surface area contributed by atoms with E-state index in [1.807, 2.05) is 19.2 Å². The van der Waals surface area contributed by atoms with Crippen molar-refractivity contribution < 1.29 is 4.52 Å². The Morgan fingerprint density at radius 3 is 2.84 bits per heavy atom. The molecule has 0 spiro atoms. The highest BCUT2D eigenvalue weighted by molar-refractivity contribution is 5.51. The summed E-state index contributed by atoms with van der Waals surface area (Å²) in [6, 6.07) is 4.15. The predicted molar refractivity (Wildman–Crippen MR) is 73.5 cm³/mol. The number of aromatic nitrogens is 3. The molecular formula is C14H20N4O. The first-order valence-corrected chi connectivity index (χ1v) is 6.59. The molecule has 0 aliphatic carbocycles. The van der Waals surface area contributed by atoms with E-state index in [9.17, 15) is 0 Å². The van der Waals surface area contributed by atoms with E-state index in [-0.39, 0.29) is 0 Å². The normalized spacial score (nSPS) is 12.8. The van der Waals surface area contributed by atoms with Crippen molar-refractivity contribution in [3.63, 3.8) is 0 Å². The smallest absolute Gasteiger partial charge is 0.228 e. The van der Waals surface area contributed by atoms with Gasteiger partial charge in [-0.15, -0.1) is 0 Å². The van der Waals surface area contributed by atoms with E-state index < -0.39 is 0 Å². The Morgan fingerprint density at radius 2 is 2.21 bits per heavy atom. The Morgan fingerprint density at radius 1 is 1.37 bits per heavy atom. The summed E-state index contributed by atoms with van der Waals surface area (Å²) >= 11 is 0. The summed E-state index contributed by atoms with van der Waals surface area (Å²) in [4.78, 5) is 8.47. The second-order valence-corrected chi connectivity index (χ2v) is 5.07. The lowest BCUT2D eigenvalue weighted by Gasteiger charge is -2.15. The first kappa shape index (κ1) is 13.7. The molecule has 0 fully saturated rings. The largest absolute Gasteiger partial charge is 0.339 e. The molecule has 5 nitrogen and oxygen atoms in total. The van der Waals surface area contributed by atoms with Crippen molar-refractivity contribution in [2.45, 2.75) is 32.7 Å². The van der Waals surface area contributed by atoms with Gasteiger partial charge < -0.3 is 9.84 Å². The molecule has 2 heterocycles. The monoisotopic (exact) mass is 260 g/mol. The van der Waals surface area contributed by atoms with Crippen LogP contribution < -0.4 is 5.32 Å². The van der Waals surface area contributed by atoms with Crippen LogP contribution in [0.25, 0.3) is 11.4 Å². The van der Waals surface area contributed by atoms with Crippen LogP contribution in [0.15, 0.2) is 29.0 Å². The second kappa shape index (κ2) is 6.43. The molecule has 0 saturated carbocycles. The molecule has 19 heavy (non-hydrogen) atoms. The molecule has 0 amide bonds. The fourth-order valence-electron chi connectivity index (χ4n) is 2.03. The molecule has 0 aliphatic heterocycles. The van der Waals surface area contributed by atoms with Crippen molar-refractivity contribution in [3.8, 4) is 11.4 Å². The van der Waals surface area contributed by atoms with Gasteiger partial charge in [-0.2, -0.15) is 4.98 Å². The van der Waals surface area contributed by atoms with Gasteiger partial charge in [0.15, 0.2) is 0 Å². The highest BCUT2D eigenvalue weighted by Crippen LogP contribution is 2.15. The zero-order chi connectivity index (χ0) is 13.7. The average molecular weight is 260 g/mol. The maximum absolute atomic E-state index is 5.30. The molecule has 2 aromatic heterocycles. The molecule has 1 unspecified atom stereocenters. The molecule has 0 aliphatic rings. The van der Waals surface area contributed by atoms with E-state index >= 15 is 0 Å². The Hall–Kier alpha value is -1.75. The summed E-state index contributed by atoms with van der Waals surface area (Å²) in [6.07, 6.45) is 5.30. The Kier molecular flexibility index (Phi) is 4.63. The summed E-state index contributed by atoms with van der Waals surface area (Å²) < 4.78 is 5.30. The molecule has 0 aromatic carbocycles. The molecule has 2 rings (SSSR count). The van der Waals surface area contributed by atoms with E-state index in [0.717, 1.165) is 18.4 Å². The number of pyridine rings is 1. The summed E-state index contributed by atoms with van der Waals surface area (Å²) in [5.41, 5.74) is 0.877. The van der Waals surface area contributed by atoms with Crippen molar-refractivity contribution in [1.29, 1.82) is 0 Å². The minimum atomic E-state index is 0.363. The summed E-state index contributed by atoms with van der Waals surface area (Å²) in [6.45, 7) is 4.42. The zero-order valence-electron chi connectivity index (χ0n) is 11.6. The summed E-state index contributed by atoms with van der Waals surface area (Å²) in [7, 11) is 1.96. The Labute approximate surface area is 113 Å². The molecular weight excluding hydrogens is 240 g/mol.